The highest BCUT2D eigenvalue weighted by molar-refractivity contribution is 9.10. The fraction of sp³-hybridized carbons (Fsp3) is 0.286. The van der Waals surface area contributed by atoms with Crippen LogP contribution in [0.3, 0.4) is 0 Å². The highest BCUT2D eigenvalue weighted by Crippen LogP contribution is 2.30. The summed E-state index contributed by atoms with van der Waals surface area (Å²) in [7, 11) is -2.22. The first-order chi connectivity index (χ1) is 12.1. The van der Waals surface area contributed by atoms with Crippen molar-refractivity contribution in [2.24, 2.45) is 15.7 Å². The molecule has 0 heterocycles. The molecule has 0 aliphatic rings. The van der Waals surface area contributed by atoms with Crippen molar-refractivity contribution in [3.05, 3.63) is 40.5 Å². The highest BCUT2D eigenvalue weighted by Gasteiger charge is 2.25. The predicted octanol–water partition coefficient (Wildman–Crippen LogP) is 2.43. The molecule has 1 aromatic rings. The van der Waals surface area contributed by atoms with Crippen molar-refractivity contribution in [3.63, 3.8) is 0 Å². The van der Waals surface area contributed by atoms with E-state index in [1.54, 1.807) is 6.07 Å². The largest absolute Gasteiger partial charge is 0.468 e. The van der Waals surface area contributed by atoms with E-state index in [1.165, 1.54) is 26.4 Å². The van der Waals surface area contributed by atoms with Crippen molar-refractivity contribution in [3.8, 4) is 0 Å². The van der Waals surface area contributed by atoms with Crippen LogP contribution in [0.5, 0.6) is 0 Å². The standard InChI is InChI=1S/C14H17BrF2N4O4S/c1-8(19-14(25-3)20-13(18)24-2)7-9-5-4-6-10(15)11(9)21-26(22,23)12(16)17/h4-6,12,21H,1,7H2,2-3H3,(H2,18,19,20). The van der Waals surface area contributed by atoms with Gasteiger partial charge in [-0.05, 0) is 27.6 Å². The van der Waals surface area contributed by atoms with Gasteiger partial charge in [0, 0.05) is 16.6 Å². The summed E-state index contributed by atoms with van der Waals surface area (Å²) in [6.45, 7) is 3.71. The van der Waals surface area contributed by atoms with Crippen molar-refractivity contribution >= 4 is 43.7 Å². The summed E-state index contributed by atoms with van der Waals surface area (Å²) in [4.78, 5) is 7.73. The summed E-state index contributed by atoms with van der Waals surface area (Å²) >= 11 is 3.13. The Morgan fingerprint density at radius 2 is 2.00 bits per heavy atom. The molecule has 0 atom stereocenters. The van der Waals surface area contributed by atoms with Gasteiger partial charge in [0.25, 0.3) is 16.0 Å². The molecule has 0 aliphatic heterocycles. The summed E-state index contributed by atoms with van der Waals surface area (Å²) in [6, 6.07) is 4.32. The smallest absolute Gasteiger partial charge is 0.355 e. The molecule has 0 radical (unpaired) electrons. The van der Waals surface area contributed by atoms with Gasteiger partial charge in [0.1, 0.15) is 0 Å². The number of rotatable bonds is 6. The summed E-state index contributed by atoms with van der Waals surface area (Å²) in [5, 5.41) is 0. The van der Waals surface area contributed by atoms with E-state index in [0.717, 1.165) is 0 Å². The van der Waals surface area contributed by atoms with Crippen molar-refractivity contribution in [2.45, 2.75) is 12.2 Å². The van der Waals surface area contributed by atoms with E-state index < -0.39 is 15.8 Å². The quantitative estimate of drug-likeness (QED) is 0.505. The van der Waals surface area contributed by atoms with E-state index in [4.69, 9.17) is 10.5 Å². The zero-order valence-electron chi connectivity index (χ0n) is 13.9. The van der Waals surface area contributed by atoms with Crippen LogP contribution in [-0.4, -0.2) is 40.4 Å². The van der Waals surface area contributed by atoms with E-state index in [1.807, 2.05) is 4.72 Å². The number of aliphatic imine (C=N–C) groups is 2. The second kappa shape index (κ2) is 9.48. The Morgan fingerprint density at radius 3 is 2.54 bits per heavy atom. The maximum Gasteiger partial charge on any atom is 0.355 e. The molecule has 0 amide bonds. The molecule has 12 heteroatoms. The molecular formula is C14H17BrF2N4O4S. The van der Waals surface area contributed by atoms with Gasteiger partial charge in [-0.1, -0.05) is 18.7 Å². The van der Waals surface area contributed by atoms with Crippen LogP contribution in [0, 0.1) is 0 Å². The number of hydrogen-bond acceptors (Lipinski definition) is 5. The third-order valence-corrected chi connectivity index (χ3v) is 4.44. The van der Waals surface area contributed by atoms with E-state index in [9.17, 15) is 17.2 Å². The molecule has 0 fully saturated rings. The van der Waals surface area contributed by atoms with Gasteiger partial charge >= 0.3 is 11.8 Å². The first-order valence-electron chi connectivity index (χ1n) is 6.86. The monoisotopic (exact) mass is 454 g/mol. The number of halogens is 3. The SMILES string of the molecule is C=C(Cc1cccc(Br)c1NS(=O)(=O)C(F)F)N=C(N=C(N)OC)OC. The molecule has 1 aromatic carbocycles. The number of amidine groups is 2. The third-order valence-electron chi connectivity index (χ3n) is 2.82. The van der Waals surface area contributed by atoms with Crippen LogP contribution in [0.1, 0.15) is 5.56 Å². The third kappa shape index (κ3) is 6.26. The highest BCUT2D eigenvalue weighted by atomic mass is 79.9. The molecule has 0 saturated carbocycles. The lowest BCUT2D eigenvalue weighted by Gasteiger charge is -2.14. The minimum Gasteiger partial charge on any atom is -0.468 e. The van der Waals surface area contributed by atoms with Gasteiger partial charge in [-0.3, -0.25) is 4.72 Å². The lowest BCUT2D eigenvalue weighted by molar-refractivity contribution is 0.236. The fourth-order valence-electron chi connectivity index (χ4n) is 1.67. The number of methoxy groups -OCH3 is 2. The summed E-state index contributed by atoms with van der Waals surface area (Å²) in [5.41, 5.74) is 5.93. The Balaban J connectivity index is 3.14. The van der Waals surface area contributed by atoms with E-state index >= 15 is 0 Å². The molecule has 26 heavy (non-hydrogen) atoms. The summed E-state index contributed by atoms with van der Waals surface area (Å²) in [5.74, 6) is -3.57. The number of nitrogens with zero attached hydrogens (tertiary/aromatic N) is 2. The van der Waals surface area contributed by atoms with Crippen molar-refractivity contribution in [1.29, 1.82) is 0 Å². The summed E-state index contributed by atoms with van der Waals surface area (Å²) < 4.78 is 59.9. The summed E-state index contributed by atoms with van der Waals surface area (Å²) in [6.07, 6.45) is 0.0236. The van der Waals surface area contributed by atoms with Crippen molar-refractivity contribution in [2.75, 3.05) is 18.9 Å². The normalized spacial score (nSPS) is 12.8. The molecular weight excluding hydrogens is 438 g/mol. The minimum absolute atomic E-state index is 0.0236. The van der Waals surface area contributed by atoms with E-state index in [2.05, 4.69) is 37.2 Å². The molecule has 8 nitrogen and oxygen atoms in total. The fourth-order valence-corrected chi connectivity index (χ4v) is 2.92. The number of hydrogen-bond donors (Lipinski definition) is 2. The number of nitrogens with two attached hydrogens (primary N) is 1. The number of alkyl halides is 2. The Hall–Kier alpha value is -2.21. The topological polar surface area (TPSA) is 115 Å². The molecule has 0 unspecified atom stereocenters. The van der Waals surface area contributed by atoms with Gasteiger partial charge in [-0.25, -0.2) is 13.4 Å². The molecule has 0 saturated heterocycles. The maximum atomic E-state index is 12.6. The van der Waals surface area contributed by atoms with Crippen molar-refractivity contribution in [1.82, 2.24) is 0 Å². The molecule has 144 valence electrons. The van der Waals surface area contributed by atoms with Crippen LogP contribution < -0.4 is 10.5 Å². The van der Waals surface area contributed by atoms with Crippen molar-refractivity contribution < 1.29 is 26.7 Å². The van der Waals surface area contributed by atoms with Gasteiger partial charge in [-0.15, -0.1) is 4.99 Å². The van der Waals surface area contributed by atoms with Crippen LogP contribution in [0.15, 0.2) is 44.9 Å². The van der Waals surface area contributed by atoms with Crippen LogP contribution in [0.4, 0.5) is 14.5 Å². The number of sulfonamides is 1. The van der Waals surface area contributed by atoms with Crippen LogP contribution in [0.25, 0.3) is 0 Å². The van der Waals surface area contributed by atoms with E-state index in [-0.39, 0.29) is 34.3 Å². The Bertz CT molecular complexity index is 828. The average Bonchev–Trinajstić information content (AvgIpc) is 2.56. The first-order valence-corrected chi connectivity index (χ1v) is 9.20. The van der Waals surface area contributed by atoms with E-state index in [0.29, 0.717) is 5.56 Å². The van der Waals surface area contributed by atoms with Gasteiger partial charge in [0.2, 0.25) is 0 Å². The number of anilines is 1. The van der Waals surface area contributed by atoms with Crippen LogP contribution in [0.2, 0.25) is 0 Å². The average molecular weight is 455 g/mol. The van der Waals surface area contributed by atoms with Gasteiger partial charge in [0.15, 0.2) is 0 Å². The van der Waals surface area contributed by atoms with Gasteiger partial charge in [0.05, 0.1) is 19.9 Å². The van der Waals surface area contributed by atoms with Crippen LogP contribution in [-0.2, 0) is 25.9 Å². The van der Waals surface area contributed by atoms with Gasteiger partial charge in [-0.2, -0.15) is 8.78 Å². The predicted molar refractivity (Wildman–Crippen MR) is 98.6 cm³/mol. The molecule has 0 aliphatic carbocycles. The number of nitrogens with one attached hydrogen (secondary N) is 1. The number of para-hydroxylation sites is 1. The molecule has 3 N–H and O–H groups in total. The Labute approximate surface area is 158 Å². The Kier molecular flexibility index (Phi) is 7.96. The second-order valence-corrected chi connectivity index (χ2v) is 7.18. The lowest BCUT2D eigenvalue weighted by atomic mass is 10.1. The molecule has 1 rings (SSSR count). The zero-order chi connectivity index (χ0) is 19.9. The number of allylic oxidation sites excluding steroid dienone is 1. The minimum atomic E-state index is -4.84. The first kappa shape index (κ1) is 21.8. The second-order valence-electron chi connectivity index (χ2n) is 4.68. The molecule has 0 spiro atoms. The molecule has 0 bridgehead atoms. The molecule has 0 aromatic heterocycles. The zero-order valence-corrected chi connectivity index (χ0v) is 16.3. The Morgan fingerprint density at radius 1 is 1.35 bits per heavy atom. The van der Waals surface area contributed by atoms with Gasteiger partial charge < -0.3 is 15.2 Å². The van der Waals surface area contributed by atoms with Crippen LogP contribution >= 0.6 is 15.9 Å². The number of ether oxygens (including phenoxy) is 2. The number of benzene rings is 1. The maximum absolute atomic E-state index is 12.6. The lowest BCUT2D eigenvalue weighted by Crippen LogP contribution is -2.21.